The van der Waals surface area contributed by atoms with E-state index in [-0.39, 0.29) is 30.2 Å². The number of ether oxygens (including phenoxy) is 1. The highest BCUT2D eigenvalue weighted by Gasteiger charge is 2.35. The number of methoxy groups -OCH3 is 1. The smallest absolute Gasteiger partial charge is 0.237 e. The van der Waals surface area contributed by atoms with Crippen molar-refractivity contribution in [2.75, 3.05) is 19.0 Å². The Morgan fingerprint density at radius 1 is 1.55 bits per heavy atom. The second kappa shape index (κ2) is 5.90. The third kappa shape index (κ3) is 2.89. The van der Waals surface area contributed by atoms with Gasteiger partial charge >= 0.3 is 0 Å². The fraction of sp³-hybridized carbons (Fsp3) is 0.500. The first-order chi connectivity index (χ1) is 9.52. The minimum absolute atomic E-state index is 0.0262. The number of pyridine rings is 1. The summed E-state index contributed by atoms with van der Waals surface area (Å²) in [5.41, 5.74) is 0.524. The standard InChI is InChI=1S/C14H19N3O3/c1-9(2)17-8-10(7-12(17)18)13(19)16-11-5-4-6-15-14(11)20-3/h4-6,9-10H,7-8H2,1-3H3,(H,16,19)/t10-/m1/s1. The van der Waals surface area contributed by atoms with E-state index in [9.17, 15) is 9.59 Å². The number of nitrogens with zero attached hydrogens (tertiary/aromatic N) is 2. The zero-order chi connectivity index (χ0) is 14.7. The molecule has 1 aromatic rings. The summed E-state index contributed by atoms with van der Waals surface area (Å²) in [6.07, 6.45) is 1.85. The van der Waals surface area contributed by atoms with E-state index >= 15 is 0 Å². The molecule has 6 heteroatoms. The molecule has 0 aliphatic carbocycles. The molecule has 0 radical (unpaired) electrons. The van der Waals surface area contributed by atoms with Crippen molar-refractivity contribution in [1.82, 2.24) is 9.88 Å². The molecule has 0 unspecified atom stereocenters. The fourth-order valence-corrected chi connectivity index (χ4v) is 2.29. The number of carbonyl (C=O) groups excluding carboxylic acids is 2. The monoisotopic (exact) mass is 277 g/mol. The molecular formula is C14H19N3O3. The highest BCUT2D eigenvalue weighted by Crippen LogP contribution is 2.24. The lowest BCUT2D eigenvalue weighted by Gasteiger charge is -2.20. The summed E-state index contributed by atoms with van der Waals surface area (Å²) < 4.78 is 5.09. The van der Waals surface area contributed by atoms with Crippen molar-refractivity contribution in [1.29, 1.82) is 0 Å². The van der Waals surface area contributed by atoms with Gasteiger partial charge in [-0.1, -0.05) is 0 Å². The molecule has 1 N–H and O–H groups in total. The lowest BCUT2D eigenvalue weighted by atomic mass is 10.1. The van der Waals surface area contributed by atoms with Crippen LogP contribution in [0.1, 0.15) is 20.3 Å². The van der Waals surface area contributed by atoms with Gasteiger partial charge in [0.1, 0.15) is 5.69 Å². The molecule has 1 aliphatic rings. The minimum atomic E-state index is -0.324. The highest BCUT2D eigenvalue weighted by molar-refractivity contribution is 5.97. The second-order valence-corrected chi connectivity index (χ2v) is 5.09. The van der Waals surface area contributed by atoms with Crippen LogP contribution >= 0.6 is 0 Å². The van der Waals surface area contributed by atoms with Crippen LogP contribution in [0.4, 0.5) is 5.69 Å². The average molecular weight is 277 g/mol. The number of rotatable bonds is 4. The SMILES string of the molecule is COc1ncccc1NC(=O)[C@@H]1CC(=O)N(C(C)C)C1. The van der Waals surface area contributed by atoms with Crippen molar-refractivity contribution in [3.8, 4) is 5.88 Å². The molecule has 0 bridgehead atoms. The van der Waals surface area contributed by atoms with E-state index in [4.69, 9.17) is 4.74 Å². The van der Waals surface area contributed by atoms with Crippen molar-refractivity contribution < 1.29 is 14.3 Å². The molecule has 2 heterocycles. The van der Waals surface area contributed by atoms with E-state index in [1.807, 2.05) is 13.8 Å². The van der Waals surface area contributed by atoms with Gasteiger partial charge in [0.2, 0.25) is 17.7 Å². The Morgan fingerprint density at radius 3 is 2.90 bits per heavy atom. The van der Waals surface area contributed by atoms with Gasteiger partial charge in [0.25, 0.3) is 0 Å². The molecule has 108 valence electrons. The highest BCUT2D eigenvalue weighted by atomic mass is 16.5. The van der Waals surface area contributed by atoms with Crippen LogP contribution in [0, 0.1) is 5.92 Å². The topological polar surface area (TPSA) is 71.5 Å². The Labute approximate surface area is 118 Å². The predicted octanol–water partition coefficient (Wildman–Crippen LogP) is 1.29. The molecule has 1 fully saturated rings. The van der Waals surface area contributed by atoms with Crippen LogP contribution in [0.3, 0.4) is 0 Å². The van der Waals surface area contributed by atoms with Gasteiger partial charge in [0.15, 0.2) is 0 Å². The number of aromatic nitrogens is 1. The first-order valence-corrected chi connectivity index (χ1v) is 6.62. The van der Waals surface area contributed by atoms with Crippen molar-refractivity contribution in [3.63, 3.8) is 0 Å². The Bertz CT molecular complexity index is 516. The summed E-state index contributed by atoms with van der Waals surface area (Å²) in [5, 5.41) is 2.78. The number of hydrogen-bond donors (Lipinski definition) is 1. The maximum Gasteiger partial charge on any atom is 0.237 e. The summed E-state index contributed by atoms with van der Waals surface area (Å²) in [7, 11) is 1.50. The van der Waals surface area contributed by atoms with Gasteiger partial charge in [-0.25, -0.2) is 4.98 Å². The largest absolute Gasteiger partial charge is 0.480 e. The Hall–Kier alpha value is -2.11. The molecule has 2 rings (SSSR count). The van der Waals surface area contributed by atoms with Gasteiger partial charge in [-0.2, -0.15) is 0 Å². The van der Waals surface area contributed by atoms with Gasteiger partial charge in [-0.05, 0) is 26.0 Å². The van der Waals surface area contributed by atoms with Crippen LogP contribution in [0.15, 0.2) is 18.3 Å². The van der Waals surface area contributed by atoms with Gasteiger partial charge in [-0.3, -0.25) is 9.59 Å². The zero-order valence-corrected chi connectivity index (χ0v) is 11.9. The zero-order valence-electron chi connectivity index (χ0n) is 11.9. The predicted molar refractivity (Wildman–Crippen MR) is 74.4 cm³/mol. The first kappa shape index (κ1) is 14.3. The molecule has 6 nitrogen and oxygen atoms in total. The van der Waals surface area contributed by atoms with Gasteiger partial charge in [0, 0.05) is 25.2 Å². The van der Waals surface area contributed by atoms with E-state index in [2.05, 4.69) is 10.3 Å². The van der Waals surface area contributed by atoms with Crippen LogP contribution in [0.25, 0.3) is 0 Å². The van der Waals surface area contributed by atoms with Crippen LogP contribution < -0.4 is 10.1 Å². The summed E-state index contributed by atoms with van der Waals surface area (Å²) in [6.45, 7) is 4.36. The van der Waals surface area contributed by atoms with Gasteiger partial charge in [0.05, 0.1) is 13.0 Å². The third-order valence-electron chi connectivity index (χ3n) is 3.37. The molecule has 20 heavy (non-hydrogen) atoms. The lowest BCUT2D eigenvalue weighted by molar-refractivity contribution is -0.129. The Morgan fingerprint density at radius 2 is 2.30 bits per heavy atom. The summed E-state index contributed by atoms with van der Waals surface area (Å²) in [6, 6.07) is 3.56. The fourth-order valence-electron chi connectivity index (χ4n) is 2.29. The number of amides is 2. The van der Waals surface area contributed by atoms with E-state index in [0.29, 0.717) is 18.1 Å². The van der Waals surface area contributed by atoms with Crippen molar-refractivity contribution in [2.24, 2.45) is 5.92 Å². The lowest BCUT2D eigenvalue weighted by Crippen LogP contribution is -2.33. The van der Waals surface area contributed by atoms with E-state index < -0.39 is 0 Å². The molecule has 1 atom stereocenters. The normalized spacial score (nSPS) is 18.5. The van der Waals surface area contributed by atoms with Crippen LogP contribution in [-0.2, 0) is 9.59 Å². The molecule has 0 aromatic carbocycles. The number of carbonyl (C=O) groups is 2. The van der Waals surface area contributed by atoms with E-state index in [1.165, 1.54) is 7.11 Å². The number of nitrogens with one attached hydrogen (secondary N) is 1. The summed E-state index contributed by atoms with van der Waals surface area (Å²) >= 11 is 0. The quantitative estimate of drug-likeness (QED) is 0.900. The average Bonchev–Trinajstić information content (AvgIpc) is 2.81. The Balaban J connectivity index is 2.04. The van der Waals surface area contributed by atoms with Crippen LogP contribution in [-0.4, -0.2) is 41.4 Å². The van der Waals surface area contributed by atoms with Gasteiger partial charge in [-0.15, -0.1) is 0 Å². The Kier molecular flexibility index (Phi) is 4.22. The maximum absolute atomic E-state index is 12.2. The summed E-state index contributed by atoms with van der Waals surface area (Å²) in [4.78, 5) is 29.8. The van der Waals surface area contributed by atoms with E-state index in [0.717, 1.165) is 0 Å². The third-order valence-corrected chi connectivity index (χ3v) is 3.37. The summed E-state index contributed by atoms with van der Waals surface area (Å²) in [5.74, 6) is -0.105. The van der Waals surface area contributed by atoms with Crippen LogP contribution in [0.2, 0.25) is 0 Å². The first-order valence-electron chi connectivity index (χ1n) is 6.62. The maximum atomic E-state index is 12.2. The number of anilines is 1. The molecular weight excluding hydrogens is 258 g/mol. The van der Waals surface area contributed by atoms with Crippen molar-refractivity contribution >= 4 is 17.5 Å². The number of likely N-dealkylation sites (tertiary alicyclic amines) is 1. The molecule has 1 aromatic heterocycles. The molecule has 0 spiro atoms. The van der Waals surface area contributed by atoms with Crippen molar-refractivity contribution in [3.05, 3.63) is 18.3 Å². The molecule has 1 saturated heterocycles. The molecule has 1 aliphatic heterocycles. The number of hydrogen-bond acceptors (Lipinski definition) is 4. The van der Waals surface area contributed by atoms with Crippen molar-refractivity contribution in [2.45, 2.75) is 26.3 Å². The molecule has 0 saturated carbocycles. The second-order valence-electron chi connectivity index (χ2n) is 5.09. The van der Waals surface area contributed by atoms with E-state index in [1.54, 1.807) is 23.2 Å². The molecule has 2 amide bonds. The van der Waals surface area contributed by atoms with Gasteiger partial charge < -0.3 is 15.0 Å². The minimum Gasteiger partial charge on any atom is -0.480 e. The van der Waals surface area contributed by atoms with Crippen LogP contribution in [0.5, 0.6) is 5.88 Å².